The molecule has 1 heterocycles. The summed E-state index contributed by atoms with van der Waals surface area (Å²) in [6, 6.07) is 5.64. The van der Waals surface area contributed by atoms with Crippen LogP contribution >= 0.6 is 11.6 Å². The molecule has 1 aliphatic carbocycles. The maximum Gasteiger partial charge on any atom is 0.253 e. The Kier molecular flexibility index (Phi) is 3.27. The Labute approximate surface area is 118 Å². The van der Waals surface area contributed by atoms with Crippen molar-refractivity contribution in [2.24, 2.45) is 17.6 Å². The molecular formula is C15H19ClN2O. The molecule has 1 saturated heterocycles. The van der Waals surface area contributed by atoms with E-state index in [2.05, 4.69) is 0 Å². The number of carbonyl (C=O) groups excluding carboxylic acids is 1. The van der Waals surface area contributed by atoms with E-state index >= 15 is 0 Å². The second kappa shape index (κ2) is 4.80. The fourth-order valence-electron chi connectivity index (χ4n) is 2.95. The molecule has 0 unspecified atom stereocenters. The van der Waals surface area contributed by atoms with Crippen molar-refractivity contribution in [3.05, 3.63) is 34.3 Å². The van der Waals surface area contributed by atoms with Crippen LogP contribution in [0.4, 0.5) is 0 Å². The Balaban J connectivity index is 1.75. The molecule has 2 aliphatic rings. The topological polar surface area (TPSA) is 46.3 Å². The van der Waals surface area contributed by atoms with Gasteiger partial charge < -0.3 is 10.6 Å². The molecule has 1 aromatic carbocycles. The second-order valence-electron chi connectivity index (χ2n) is 5.84. The number of nitrogens with two attached hydrogens (primary N) is 1. The first-order valence-corrected chi connectivity index (χ1v) is 7.25. The van der Waals surface area contributed by atoms with E-state index in [0.717, 1.165) is 18.0 Å². The van der Waals surface area contributed by atoms with Crippen molar-refractivity contribution in [1.29, 1.82) is 0 Å². The number of likely N-dealkylation sites (tertiary alicyclic amines) is 1. The number of rotatable bonds is 2. The summed E-state index contributed by atoms with van der Waals surface area (Å²) in [6.07, 6.45) is 2.55. The van der Waals surface area contributed by atoms with Gasteiger partial charge in [0.25, 0.3) is 5.91 Å². The van der Waals surface area contributed by atoms with Crippen molar-refractivity contribution in [2.45, 2.75) is 25.8 Å². The van der Waals surface area contributed by atoms with Crippen molar-refractivity contribution in [1.82, 2.24) is 4.90 Å². The first kappa shape index (κ1) is 12.9. The first-order chi connectivity index (χ1) is 9.06. The van der Waals surface area contributed by atoms with Crippen molar-refractivity contribution < 1.29 is 4.79 Å². The molecule has 3 nitrogen and oxygen atoms in total. The van der Waals surface area contributed by atoms with Crippen LogP contribution in [0.25, 0.3) is 0 Å². The van der Waals surface area contributed by atoms with Gasteiger partial charge in [-0.2, -0.15) is 0 Å². The van der Waals surface area contributed by atoms with Crippen molar-refractivity contribution in [3.63, 3.8) is 0 Å². The summed E-state index contributed by atoms with van der Waals surface area (Å²) in [5.74, 6) is 1.29. The van der Waals surface area contributed by atoms with Crippen LogP contribution < -0.4 is 5.73 Å². The Morgan fingerprint density at radius 2 is 2.11 bits per heavy atom. The lowest BCUT2D eigenvalue weighted by atomic mass is 9.99. The van der Waals surface area contributed by atoms with Gasteiger partial charge in [-0.3, -0.25) is 4.79 Å². The molecule has 1 saturated carbocycles. The van der Waals surface area contributed by atoms with Crippen LogP contribution in [0.3, 0.4) is 0 Å². The smallest absolute Gasteiger partial charge is 0.253 e. The third kappa shape index (κ3) is 2.49. The highest BCUT2D eigenvalue weighted by Gasteiger charge is 2.42. The van der Waals surface area contributed by atoms with Crippen molar-refractivity contribution in [2.75, 3.05) is 13.1 Å². The number of halogens is 1. The number of hydrogen-bond donors (Lipinski definition) is 1. The molecule has 0 spiro atoms. The highest BCUT2D eigenvalue weighted by atomic mass is 35.5. The van der Waals surface area contributed by atoms with Gasteiger partial charge in [-0.05, 0) is 49.3 Å². The zero-order chi connectivity index (χ0) is 13.6. The Morgan fingerprint density at radius 3 is 2.74 bits per heavy atom. The average molecular weight is 279 g/mol. The lowest BCUT2D eigenvalue weighted by molar-refractivity contribution is 0.0785. The molecule has 1 aromatic rings. The molecule has 2 N–H and O–H groups in total. The molecule has 102 valence electrons. The molecule has 19 heavy (non-hydrogen) atoms. The lowest BCUT2D eigenvalue weighted by Crippen LogP contribution is -2.32. The number of nitrogens with zero attached hydrogens (tertiary/aromatic N) is 1. The van der Waals surface area contributed by atoms with Gasteiger partial charge in [-0.15, -0.1) is 0 Å². The maximum absolute atomic E-state index is 12.5. The van der Waals surface area contributed by atoms with Gasteiger partial charge >= 0.3 is 0 Å². The van der Waals surface area contributed by atoms with E-state index in [1.165, 1.54) is 12.8 Å². The van der Waals surface area contributed by atoms with Crippen LogP contribution in [0, 0.1) is 18.8 Å². The normalized spacial score (nSPS) is 26.8. The number of aryl methyl sites for hydroxylation is 1. The van der Waals surface area contributed by atoms with Crippen LogP contribution in [0.5, 0.6) is 0 Å². The summed E-state index contributed by atoms with van der Waals surface area (Å²) >= 11 is 6.09. The van der Waals surface area contributed by atoms with Gasteiger partial charge in [-0.25, -0.2) is 0 Å². The minimum atomic E-state index is 0.0560. The van der Waals surface area contributed by atoms with Gasteiger partial charge in [0.05, 0.1) is 0 Å². The minimum absolute atomic E-state index is 0.0560. The van der Waals surface area contributed by atoms with Gasteiger partial charge in [-0.1, -0.05) is 17.7 Å². The van der Waals surface area contributed by atoms with Crippen LogP contribution in [0.15, 0.2) is 18.2 Å². The van der Waals surface area contributed by atoms with E-state index in [4.69, 9.17) is 17.3 Å². The first-order valence-electron chi connectivity index (χ1n) is 6.87. The summed E-state index contributed by atoms with van der Waals surface area (Å²) in [6.45, 7) is 3.41. The quantitative estimate of drug-likeness (QED) is 0.903. The van der Waals surface area contributed by atoms with E-state index in [0.29, 0.717) is 23.0 Å². The Bertz CT molecular complexity index is 513. The van der Waals surface area contributed by atoms with Crippen LogP contribution in [-0.4, -0.2) is 29.9 Å². The summed E-state index contributed by atoms with van der Waals surface area (Å²) in [5.41, 5.74) is 7.82. The van der Waals surface area contributed by atoms with E-state index in [9.17, 15) is 4.79 Å². The van der Waals surface area contributed by atoms with Gasteiger partial charge in [0.1, 0.15) is 0 Å². The second-order valence-corrected chi connectivity index (χ2v) is 6.25. The fourth-order valence-corrected chi connectivity index (χ4v) is 3.13. The zero-order valence-electron chi connectivity index (χ0n) is 11.1. The molecule has 0 bridgehead atoms. The standard InChI is InChI=1S/C15H19ClN2O/c1-9-2-3-11(6-13(9)16)15(19)18-7-12(10-4-5-10)14(17)8-18/h2-3,6,10,12,14H,4-5,7-8,17H2,1H3/t12-,14+/m1/s1. The number of benzene rings is 1. The molecule has 0 radical (unpaired) electrons. The predicted molar refractivity (Wildman–Crippen MR) is 76.3 cm³/mol. The fraction of sp³-hybridized carbons (Fsp3) is 0.533. The molecule has 2 atom stereocenters. The van der Waals surface area contributed by atoms with Gasteiger partial charge in [0.2, 0.25) is 0 Å². The molecule has 0 aromatic heterocycles. The summed E-state index contributed by atoms with van der Waals surface area (Å²) < 4.78 is 0. The summed E-state index contributed by atoms with van der Waals surface area (Å²) in [4.78, 5) is 14.3. The van der Waals surface area contributed by atoms with Crippen LogP contribution in [0.1, 0.15) is 28.8 Å². The van der Waals surface area contributed by atoms with E-state index in [1.807, 2.05) is 24.0 Å². The minimum Gasteiger partial charge on any atom is -0.337 e. The Morgan fingerprint density at radius 1 is 1.37 bits per heavy atom. The zero-order valence-corrected chi connectivity index (χ0v) is 11.9. The SMILES string of the molecule is Cc1ccc(C(=O)N2C[C@H](C3CC3)[C@@H](N)C2)cc1Cl. The maximum atomic E-state index is 12.5. The van der Waals surface area contributed by atoms with Crippen molar-refractivity contribution in [3.8, 4) is 0 Å². The van der Waals surface area contributed by atoms with E-state index < -0.39 is 0 Å². The Hall–Kier alpha value is -1.06. The van der Waals surface area contributed by atoms with Gasteiger partial charge in [0, 0.05) is 29.7 Å². The lowest BCUT2D eigenvalue weighted by Gasteiger charge is -2.16. The highest BCUT2D eigenvalue weighted by molar-refractivity contribution is 6.31. The summed E-state index contributed by atoms with van der Waals surface area (Å²) in [7, 11) is 0. The average Bonchev–Trinajstić information content (AvgIpc) is 3.15. The third-order valence-electron chi connectivity index (χ3n) is 4.35. The monoisotopic (exact) mass is 278 g/mol. The number of carbonyl (C=O) groups is 1. The third-order valence-corrected chi connectivity index (χ3v) is 4.75. The molecule has 4 heteroatoms. The molecule has 2 fully saturated rings. The van der Waals surface area contributed by atoms with Crippen LogP contribution in [-0.2, 0) is 0 Å². The summed E-state index contributed by atoms with van der Waals surface area (Å²) in [5, 5.41) is 0.646. The van der Waals surface area contributed by atoms with Crippen LogP contribution in [0.2, 0.25) is 5.02 Å². The highest BCUT2D eigenvalue weighted by Crippen LogP contribution is 2.41. The van der Waals surface area contributed by atoms with E-state index in [-0.39, 0.29) is 11.9 Å². The molecular weight excluding hydrogens is 260 g/mol. The van der Waals surface area contributed by atoms with E-state index in [1.54, 1.807) is 6.07 Å². The number of amides is 1. The largest absolute Gasteiger partial charge is 0.337 e. The number of hydrogen-bond acceptors (Lipinski definition) is 2. The molecule has 1 aliphatic heterocycles. The predicted octanol–water partition coefficient (Wildman–Crippen LogP) is 2.46. The molecule has 1 amide bonds. The van der Waals surface area contributed by atoms with Gasteiger partial charge in [0.15, 0.2) is 0 Å². The molecule has 3 rings (SSSR count). The van der Waals surface area contributed by atoms with Crippen molar-refractivity contribution >= 4 is 17.5 Å².